The molecule has 1 atom stereocenters. The molecule has 0 aliphatic rings. The second-order valence-corrected chi connectivity index (χ2v) is 6.89. The van der Waals surface area contributed by atoms with Gasteiger partial charge in [0.25, 0.3) is 0 Å². The molecule has 0 aliphatic carbocycles. The van der Waals surface area contributed by atoms with Crippen molar-refractivity contribution in [3.05, 3.63) is 32.8 Å². The third kappa shape index (κ3) is 3.88. The Morgan fingerprint density at radius 2 is 1.61 bits per heavy atom. The van der Waals surface area contributed by atoms with Crippen molar-refractivity contribution in [1.82, 2.24) is 0 Å². The monoisotopic (exact) mass is 306 g/mol. The molecule has 0 N–H and O–H groups in total. The van der Waals surface area contributed by atoms with Crippen LogP contribution < -0.4 is 0 Å². The quantitative estimate of drug-likeness (QED) is 0.635. The normalized spacial score (nSPS) is 13.5. The van der Waals surface area contributed by atoms with Gasteiger partial charge in [-0.3, -0.25) is 4.79 Å². The molecule has 0 saturated carbocycles. The van der Waals surface area contributed by atoms with Crippen LogP contribution in [0.4, 0.5) is 0 Å². The van der Waals surface area contributed by atoms with Crippen molar-refractivity contribution in [1.29, 1.82) is 0 Å². The molecule has 4 heteroatoms. The lowest BCUT2D eigenvalue weighted by Gasteiger charge is -2.26. The lowest BCUT2D eigenvalue weighted by atomic mass is 9.78. The molecule has 1 rings (SSSR count). The van der Waals surface area contributed by atoms with E-state index in [0.29, 0.717) is 27.1 Å². The third-order valence-electron chi connectivity index (χ3n) is 3.26. The van der Waals surface area contributed by atoms with Gasteiger partial charge in [-0.15, -0.1) is 0 Å². The minimum Gasteiger partial charge on any atom is -0.294 e. The van der Waals surface area contributed by atoms with Crippen molar-refractivity contribution in [2.24, 2.45) is 11.3 Å². The van der Waals surface area contributed by atoms with Gasteiger partial charge in [-0.1, -0.05) is 62.5 Å². The van der Waals surface area contributed by atoms with Crippen LogP contribution in [-0.4, -0.2) is 5.78 Å². The number of benzene rings is 1. The molecule has 1 unspecified atom stereocenters. The van der Waals surface area contributed by atoms with Crippen LogP contribution in [0, 0.1) is 11.3 Å². The largest absolute Gasteiger partial charge is 0.294 e. The van der Waals surface area contributed by atoms with E-state index in [1.165, 1.54) is 0 Å². The van der Waals surface area contributed by atoms with E-state index >= 15 is 0 Å². The molecule has 0 heterocycles. The SMILES string of the molecule is CC(CC(=O)c1c(Cl)cc(Cl)cc1Cl)C(C)(C)C. The zero-order valence-electron chi connectivity index (χ0n) is 11.0. The zero-order chi connectivity index (χ0) is 14.1. The van der Waals surface area contributed by atoms with Gasteiger partial charge in [0.05, 0.1) is 15.6 Å². The Bertz CT molecular complexity index is 438. The van der Waals surface area contributed by atoms with Crippen molar-refractivity contribution in [2.75, 3.05) is 0 Å². The molecule has 0 spiro atoms. The number of rotatable bonds is 3. The highest BCUT2D eigenvalue weighted by Crippen LogP contribution is 2.34. The Kier molecular flexibility index (Phi) is 5.11. The van der Waals surface area contributed by atoms with Gasteiger partial charge in [0.2, 0.25) is 0 Å². The summed E-state index contributed by atoms with van der Waals surface area (Å²) in [4.78, 5) is 12.2. The second kappa shape index (κ2) is 5.81. The van der Waals surface area contributed by atoms with Crippen LogP contribution in [0.15, 0.2) is 12.1 Å². The number of hydrogen-bond acceptors (Lipinski definition) is 1. The molecule has 0 amide bonds. The predicted octanol–water partition coefficient (Wildman–Crippen LogP) is 5.90. The summed E-state index contributed by atoms with van der Waals surface area (Å²) in [6, 6.07) is 3.09. The average molecular weight is 308 g/mol. The molecule has 0 fully saturated rings. The highest BCUT2D eigenvalue weighted by molar-refractivity contribution is 6.42. The van der Waals surface area contributed by atoms with Crippen LogP contribution in [0.1, 0.15) is 44.5 Å². The van der Waals surface area contributed by atoms with Crippen molar-refractivity contribution in [2.45, 2.75) is 34.1 Å². The topological polar surface area (TPSA) is 17.1 Å². The number of ketones is 1. The minimum absolute atomic E-state index is 0.0379. The summed E-state index contributed by atoms with van der Waals surface area (Å²) >= 11 is 17.9. The molecule has 0 bridgehead atoms. The molecule has 0 aliphatic heterocycles. The van der Waals surface area contributed by atoms with Gasteiger partial charge in [-0.25, -0.2) is 0 Å². The van der Waals surface area contributed by atoms with Gasteiger partial charge in [0.1, 0.15) is 0 Å². The molecule has 0 saturated heterocycles. The maximum atomic E-state index is 12.2. The molecular weight excluding hydrogens is 291 g/mol. The maximum Gasteiger partial charge on any atom is 0.166 e. The maximum absolute atomic E-state index is 12.2. The summed E-state index contributed by atoms with van der Waals surface area (Å²) in [6.45, 7) is 8.37. The Balaban J connectivity index is 2.99. The van der Waals surface area contributed by atoms with Crippen molar-refractivity contribution in [3.63, 3.8) is 0 Å². The van der Waals surface area contributed by atoms with E-state index in [-0.39, 0.29) is 17.1 Å². The number of halogens is 3. The van der Waals surface area contributed by atoms with Crippen LogP contribution >= 0.6 is 34.8 Å². The number of hydrogen-bond donors (Lipinski definition) is 0. The molecule has 0 aromatic heterocycles. The zero-order valence-corrected chi connectivity index (χ0v) is 13.2. The van der Waals surface area contributed by atoms with Crippen LogP contribution in [-0.2, 0) is 0 Å². The first-order valence-corrected chi connectivity index (χ1v) is 6.94. The Morgan fingerprint density at radius 1 is 1.17 bits per heavy atom. The predicted molar refractivity (Wildman–Crippen MR) is 79.0 cm³/mol. The van der Waals surface area contributed by atoms with E-state index < -0.39 is 0 Å². The summed E-state index contributed by atoms with van der Waals surface area (Å²) in [5.41, 5.74) is 0.444. The lowest BCUT2D eigenvalue weighted by molar-refractivity contribution is 0.0927. The van der Waals surface area contributed by atoms with E-state index in [9.17, 15) is 4.79 Å². The molecule has 0 radical (unpaired) electrons. The summed E-state index contributed by atoms with van der Waals surface area (Å²) in [7, 11) is 0. The Hall–Kier alpha value is -0.240. The van der Waals surface area contributed by atoms with E-state index in [1.807, 2.05) is 0 Å². The van der Waals surface area contributed by atoms with E-state index in [0.717, 1.165) is 0 Å². The van der Waals surface area contributed by atoms with Crippen LogP contribution in [0.25, 0.3) is 0 Å². The Labute approximate surface area is 123 Å². The van der Waals surface area contributed by atoms with Gasteiger partial charge in [0.15, 0.2) is 5.78 Å². The number of carbonyl (C=O) groups is 1. The summed E-state index contributed by atoms with van der Waals surface area (Å²) < 4.78 is 0. The Morgan fingerprint density at radius 3 is 2.00 bits per heavy atom. The smallest absolute Gasteiger partial charge is 0.166 e. The molecule has 100 valence electrons. The van der Waals surface area contributed by atoms with Gasteiger partial charge in [-0.05, 0) is 23.5 Å². The summed E-state index contributed by atoms with van der Waals surface area (Å²) in [5, 5.41) is 1.07. The molecule has 1 nitrogen and oxygen atoms in total. The molecule has 1 aromatic carbocycles. The number of carbonyl (C=O) groups excluding carboxylic acids is 1. The van der Waals surface area contributed by atoms with Crippen molar-refractivity contribution < 1.29 is 4.79 Å². The number of Topliss-reactive ketones (excluding diaryl/α,β-unsaturated/α-hetero) is 1. The summed E-state index contributed by atoms with van der Waals surface area (Å²) in [6.07, 6.45) is 0.421. The lowest BCUT2D eigenvalue weighted by Crippen LogP contribution is -2.20. The highest BCUT2D eigenvalue weighted by atomic mass is 35.5. The van der Waals surface area contributed by atoms with E-state index in [4.69, 9.17) is 34.8 Å². The van der Waals surface area contributed by atoms with Gasteiger partial charge in [0, 0.05) is 11.4 Å². The molecule has 1 aromatic rings. The third-order valence-corrected chi connectivity index (χ3v) is 4.07. The average Bonchev–Trinajstić information content (AvgIpc) is 2.13. The summed E-state index contributed by atoms with van der Waals surface area (Å²) in [5.74, 6) is 0.205. The van der Waals surface area contributed by atoms with Crippen LogP contribution in [0.3, 0.4) is 0 Å². The van der Waals surface area contributed by atoms with Gasteiger partial charge in [-0.2, -0.15) is 0 Å². The van der Waals surface area contributed by atoms with Gasteiger partial charge < -0.3 is 0 Å². The fraction of sp³-hybridized carbons (Fsp3) is 0.500. The fourth-order valence-electron chi connectivity index (χ4n) is 1.49. The van der Waals surface area contributed by atoms with Gasteiger partial charge >= 0.3 is 0 Å². The minimum atomic E-state index is -0.0379. The molecule has 18 heavy (non-hydrogen) atoms. The second-order valence-electron chi connectivity index (χ2n) is 5.64. The standard InChI is InChI=1S/C14H17Cl3O/c1-8(14(2,3)4)5-12(18)13-10(16)6-9(15)7-11(13)17/h6-8H,5H2,1-4H3. The first-order chi connectivity index (χ1) is 8.12. The van der Waals surface area contributed by atoms with E-state index in [2.05, 4.69) is 27.7 Å². The van der Waals surface area contributed by atoms with E-state index in [1.54, 1.807) is 12.1 Å². The first kappa shape index (κ1) is 15.8. The van der Waals surface area contributed by atoms with Crippen molar-refractivity contribution >= 4 is 40.6 Å². The van der Waals surface area contributed by atoms with Crippen molar-refractivity contribution in [3.8, 4) is 0 Å². The first-order valence-electron chi connectivity index (χ1n) is 5.80. The van der Waals surface area contributed by atoms with Crippen LogP contribution in [0.5, 0.6) is 0 Å². The fourth-order valence-corrected chi connectivity index (χ4v) is 2.52. The van der Waals surface area contributed by atoms with Crippen LogP contribution in [0.2, 0.25) is 15.1 Å². The highest BCUT2D eigenvalue weighted by Gasteiger charge is 2.25. The molecular formula is C14H17Cl3O.